The number of nitrogens with zero attached hydrogens (tertiary/aromatic N) is 1. The van der Waals surface area contributed by atoms with E-state index in [9.17, 15) is 13.2 Å². The van der Waals surface area contributed by atoms with Crippen LogP contribution in [0, 0.1) is 0 Å². The molecule has 0 aliphatic rings. The van der Waals surface area contributed by atoms with Crippen LogP contribution in [-0.4, -0.2) is 45.8 Å². The summed E-state index contributed by atoms with van der Waals surface area (Å²) in [7, 11) is -0.774. The van der Waals surface area contributed by atoms with Crippen molar-refractivity contribution in [1.29, 1.82) is 0 Å². The van der Waals surface area contributed by atoms with Gasteiger partial charge in [0.05, 0.1) is 25.4 Å². The second-order valence-electron chi connectivity index (χ2n) is 6.53. The van der Waals surface area contributed by atoms with Crippen LogP contribution < -0.4 is 19.5 Å². The van der Waals surface area contributed by atoms with Crippen molar-refractivity contribution in [3.63, 3.8) is 0 Å². The molecule has 0 aliphatic heterocycles. The van der Waals surface area contributed by atoms with E-state index >= 15 is 0 Å². The number of methoxy groups -OCH3 is 2. The van der Waals surface area contributed by atoms with E-state index in [4.69, 9.17) is 9.47 Å². The van der Waals surface area contributed by atoms with Crippen LogP contribution in [0.1, 0.15) is 5.56 Å². The Morgan fingerprint density at radius 1 is 1.03 bits per heavy atom. The van der Waals surface area contributed by atoms with Gasteiger partial charge in [-0.05, 0) is 36.2 Å². The molecule has 0 fully saturated rings. The summed E-state index contributed by atoms with van der Waals surface area (Å²) in [5.41, 5.74) is 1.79. The molecule has 0 spiro atoms. The quantitative estimate of drug-likeness (QED) is 0.541. The van der Waals surface area contributed by atoms with Gasteiger partial charge in [0.15, 0.2) is 11.5 Å². The number of carbonyl (C=O) groups is 1. The Morgan fingerprint density at radius 3 is 2.57 bits per heavy atom. The van der Waals surface area contributed by atoms with E-state index in [0.29, 0.717) is 35.7 Å². The minimum absolute atomic E-state index is 0.291. The first-order chi connectivity index (χ1) is 14.4. The van der Waals surface area contributed by atoms with Crippen LogP contribution in [0.25, 0.3) is 10.9 Å². The molecule has 0 saturated heterocycles. The Bertz CT molecular complexity index is 1140. The number of aromatic nitrogens is 1. The van der Waals surface area contributed by atoms with E-state index < -0.39 is 21.7 Å². The van der Waals surface area contributed by atoms with E-state index in [2.05, 4.69) is 15.0 Å². The summed E-state index contributed by atoms with van der Waals surface area (Å²) >= 11 is 0. The van der Waals surface area contributed by atoms with Crippen molar-refractivity contribution in [3.05, 3.63) is 60.3 Å². The molecule has 158 valence electrons. The molecular weight excluding hydrogens is 406 g/mol. The molecule has 0 saturated carbocycles. The van der Waals surface area contributed by atoms with E-state index in [-0.39, 0.29) is 0 Å². The third kappa shape index (κ3) is 5.38. The largest absolute Gasteiger partial charge is 0.493 e. The van der Waals surface area contributed by atoms with Gasteiger partial charge in [-0.2, -0.15) is 0 Å². The summed E-state index contributed by atoms with van der Waals surface area (Å²) in [6.07, 6.45) is 2.10. The van der Waals surface area contributed by atoms with Crippen molar-refractivity contribution in [2.75, 3.05) is 31.2 Å². The van der Waals surface area contributed by atoms with Crippen LogP contribution in [-0.2, 0) is 21.2 Å². The highest BCUT2D eigenvalue weighted by Crippen LogP contribution is 2.27. The zero-order valence-electron chi connectivity index (χ0n) is 16.7. The highest BCUT2D eigenvalue weighted by Gasteiger charge is 2.18. The van der Waals surface area contributed by atoms with Crippen LogP contribution >= 0.6 is 0 Å². The zero-order valence-corrected chi connectivity index (χ0v) is 17.5. The third-order valence-corrected chi connectivity index (χ3v) is 5.58. The highest BCUT2D eigenvalue weighted by molar-refractivity contribution is 7.93. The molecule has 0 bridgehead atoms. The molecule has 0 aliphatic carbocycles. The molecular formula is C21H23N3O5S. The van der Waals surface area contributed by atoms with Gasteiger partial charge in [0, 0.05) is 18.1 Å². The van der Waals surface area contributed by atoms with Gasteiger partial charge in [-0.3, -0.25) is 14.5 Å². The number of rotatable bonds is 9. The molecule has 30 heavy (non-hydrogen) atoms. The number of amides is 1. The second-order valence-corrected chi connectivity index (χ2v) is 8.25. The molecule has 1 amide bonds. The zero-order chi connectivity index (χ0) is 21.6. The number of para-hydroxylation sites is 1. The predicted octanol–water partition coefficient (Wildman–Crippen LogP) is 2.35. The smallest absolute Gasteiger partial charge is 0.241 e. The predicted molar refractivity (Wildman–Crippen MR) is 115 cm³/mol. The second kappa shape index (κ2) is 9.45. The summed E-state index contributed by atoms with van der Waals surface area (Å²) < 4.78 is 37.7. The van der Waals surface area contributed by atoms with E-state index in [0.717, 1.165) is 10.9 Å². The van der Waals surface area contributed by atoms with Crippen LogP contribution in [0.5, 0.6) is 11.5 Å². The van der Waals surface area contributed by atoms with Crippen LogP contribution in [0.2, 0.25) is 0 Å². The molecule has 0 unspecified atom stereocenters. The summed E-state index contributed by atoms with van der Waals surface area (Å²) in [4.78, 5) is 16.3. The van der Waals surface area contributed by atoms with Gasteiger partial charge in [0.2, 0.25) is 15.9 Å². The van der Waals surface area contributed by atoms with Crippen LogP contribution in [0.4, 0.5) is 5.69 Å². The molecule has 3 aromatic rings. The van der Waals surface area contributed by atoms with Crippen molar-refractivity contribution >= 4 is 32.5 Å². The monoisotopic (exact) mass is 429 g/mol. The maximum Gasteiger partial charge on any atom is 0.241 e. The topological polar surface area (TPSA) is 107 Å². The van der Waals surface area contributed by atoms with E-state index in [1.807, 2.05) is 24.3 Å². The lowest BCUT2D eigenvalue weighted by molar-refractivity contribution is -0.118. The van der Waals surface area contributed by atoms with Gasteiger partial charge in [-0.1, -0.05) is 24.3 Å². The standard InChI is InChI=1S/C21H23N3O5S/c1-28-18-9-8-15(13-19(18)29-2)10-12-22-20(25)14-30(26,27)24-17-7-3-5-16-6-4-11-23-21(16)17/h3-9,11,13,24H,10,12,14H2,1-2H3,(H,22,25). The Balaban J connectivity index is 1.56. The fraction of sp³-hybridized carbons (Fsp3) is 0.238. The van der Waals surface area contributed by atoms with E-state index in [1.54, 1.807) is 44.7 Å². The number of benzene rings is 2. The number of nitrogens with one attached hydrogen (secondary N) is 2. The molecule has 2 N–H and O–H groups in total. The Morgan fingerprint density at radius 2 is 1.80 bits per heavy atom. The van der Waals surface area contributed by atoms with Crippen LogP contribution in [0.3, 0.4) is 0 Å². The molecule has 0 atom stereocenters. The van der Waals surface area contributed by atoms with Gasteiger partial charge in [-0.15, -0.1) is 0 Å². The number of ether oxygens (including phenoxy) is 2. The van der Waals surface area contributed by atoms with Crippen molar-refractivity contribution in [2.45, 2.75) is 6.42 Å². The number of carbonyl (C=O) groups excluding carboxylic acids is 1. The first-order valence-electron chi connectivity index (χ1n) is 9.23. The number of anilines is 1. The summed E-state index contributed by atoms with van der Waals surface area (Å²) in [6.45, 7) is 0.291. The number of sulfonamides is 1. The lowest BCUT2D eigenvalue weighted by atomic mass is 10.1. The van der Waals surface area contributed by atoms with Gasteiger partial charge in [0.25, 0.3) is 0 Å². The number of hydrogen-bond donors (Lipinski definition) is 2. The molecule has 2 aromatic carbocycles. The molecule has 8 nitrogen and oxygen atoms in total. The number of pyridine rings is 1. The average molecular weight is 429 g/mol. The first kappa shape index (κ1) is 21.4. The Hall–Kier alpha value is -3.33. The third-order valence-electron chi connectivity index (χ3n) is 4.40. The molecule has 1 heterocycles. The summed E-state index contributed by atoms with van der Waals surface area (Å²) in [5, 5.41) is 3.43. The van der Waals surface area contributed by atoms with Crippen molar-refractivity contribution < 1.29 is 22.7 Å². The molecule has 0 radical (unpaired) electrons. The Labute approximate surface area is 175 Å². The molecule has 1 aromatic heterocycles. The fourth-order valence-electron chi connectivity index (χ4n) is 3.00. The maximum absolute atomic E-state index is 12.4. The lowest BCUT2D eigenvalue weighted by Gasteiger charge is -2.11. The molecule has 9 heteroatoms. The highest BCUT2D eigenvalue weighted by atomic mass is 32.2. The van der Waals surface area contributed by atoms with E-state index in [1.165, 1.54) is 0 Å². The molecule has 3 rings (SSSR count). The number of hydrogen-bond acceptors (Lipinski definition) is 6. The first-order valence-corrected chi connectivity index (χ1v) is 10.9. The SMILES string of the molecule is COc1ccc(CCNC(=O)CS(=O)(=O)Nc2cccc3cccnc23)cc1OC. The normalized spacial score (nSPS) is 11.1. The van der Waals surface area contributed by atoms with Crippen molar-refractivity contribution in [3.8, 4) is 11.5 Å². The van der Waals surface area contributed by atoms with Crippen molar-refractivity contribution in [2.24, 2.45) is 0 Å². The summed E-state index contributed by atoms with van der Waals surface area (Å²) in [6, 6.07) is 14.2. The van der Waals surface area contributed by atoms with Crippen molar-refractivity contribution in [1.82, 2.24) is 10.3 Å². The minimum Gasteiger partial charge on any atom is -0.493 e. The average Bonchev–Trinajstić information content (AvgIpc) is 2.73. The van der Waals surface area contributed by atoms with Gasteiger partial charge >= 0.3 is 0 Å². The minimum atomic E-state index is -3.88. The van der Waals surface area contributed by atoms with Crippen LogP contribution in [0.15, 0.2) is 54.7 Å². The van der Waals surface area contributed by atoms with Gasteiger partial charge < -0.3 is 14.8 Å². The summed E-state index contributed by atoms with van der Waals surface area (Å²) in [5.74, 6) is -0.0549. The maximum atomic E-state index is 12.4. The fourth-order valence-corrected chi connectivity index (χ4v) is 4.02. The van der Waals surface area contributed by atoms with Gasteiger partial charge in [-0.25, -0.2) is 8.42 Å². The van der Waals surface area contributed by atoms with Gasteiger partial charge in [0.1, 0.15) is 5.75 Å². The lowest BCUT2D eigenvalue weighted by Crippen LogP contribution is -2.34. The Kier molecular flexibility index (Phi) is 6.73. The number of fused-ring (bicyclic) bond motifs is 1.